The third-order valence-corrected chi connectivity index (χ3v) is 7.05. The van der Waals surface area contributed by atoms with Crippen LogP contribution in [0.5, 0.6) is 11.5 Å². The number of hydrogen-bond acceptors (Lipinski definition) is 5. The van der Waals surface area contributed by atoms with Gasteiger partial charge in [0.1, 0.15) is 0 Å². The van der Waals surface area contributed by atoms with Crippen LogP contribution in [0.4, 0.5) is 5.69 Å². The number of rotatable bonds is 8. The van der Waals surface area contributed by atoms with Crippen molar-refractivity contribution in [2.75, 3.05) is 19.5 Å². The highest BCUT2D eigenvalue weighted by Gasteiger charge is 2.37. The van der Waals surface area contributed by atoms with E-state index in [2.05, 4.69) is 5.32 Å². The Kier molecular flexibility index (Phi) is 7.63. The Morgan fingerprint density at radius 2 is 1.71 bits per heavy atom. The summed E-state index contributed by atoms with van der Waals surface area (Å²) < 4.78 is 10.5. The van der Waals surface area contributed by atoms with Crippen LogP contribution in [-0.4, -0.2) is 43.0 Å². The highest BCUT2D eigenvalue weighted by atomic mass is 35.5. The van der Waals surface area contributed by atoms with Crippen LogP contribution >= 0.6 is 11.6 Å². The molecule has 2 aliphatic rings. The molecule has 3 N–H and O–H groups in total. The number of nitrogens with zero attached hydrogens (tertiary/aromatic N) is 1. The summed E-state index contributed by atoms with van der Waals surface area (Å²) in [7, 11) is 3.07. The third kappa shape index (κ3) is 5.65. The van der Waals surface area contributed by atoms with Crippen LogP contribution in [0.25, 0.3) is 0 Å². The standard InChI is InChI=1S/C26H32ClN3O4/c1-33-23-12-5-17(14-24(23)34-2)25(31)29-20-8-11-22(27)18(13-20)15-30(26(32)16-3-4-16)21-9-6-19(28)7-10-21/h5,8,11-14,16,19,21H,3-4,6-7,9-10,15,28H2,1-2H3,(H,29,31). The van der Waals surface area contributed by atoms with Crippen molar-refractivity contribution in [1.82, 2.24) is 4.90 Å². The van der Waals surface area contributed by atoms with Gasteiger partial charge in [-0.2, -0.15) is 0 Å². The second-order valence-corrected chi connectivity index (χ2v) is 9.55. The van der Waals surface area contributed by atoms with Gasteiger partial charge in [-0.15, -0.1) is 0 Å². The predicted octanol–water partition coefficient (Wildman–Crippen LogP) is 4.62. The molecule has 4 rings (SSSR count). The normalized spacial score (nSPS) is 19.9. The number of nitrogens with one attached hydrogen (secondary N) is 1. The van der Waals surface area contributed by atoms with Crippen molar-refractivity contribution in [1.29, 1.82) is 0 Å². The Balaban J connectivity index is 1.51. The van der Waals surface area contributed by atoms with E-state index in [0.717, 1.165) is 44.1 Å². The number of halogens is 1. The van der Waals surface area contributed by atoms with Crippen LogP contribution in [0.2, 0.25) is 5.02 Å². The fraction of sp³-hybridized carbons (Fsp3) is 0.462. The average Bonchev–Trinajstić information content (AvgIpc) is 3.69. The van der Waals surface area contributed by atoms with E-state index in [-0.39, 0.29) is 29.8 Å². The molecule has 0 radical (unpaired) electrons. The highest BCUT2D eigenvalue weighted by Crippen LogP contribution is 2.35. The van der Waals surface area contributed by atoms with E-state index in [1.807, 2.05) is 11.0 Å². The van der Waals surface area contributed by atoms with Crippen molar-refractivity contribution in [3.63, 3.8) is 0 Å². The number of methoxy groups -OCH3 is 2. The summed E-state index contributed by atoms with van der Waals surface area (Å²) in [6.45, 7) is 0.425. The summed E-state index contributed by atoms with van der Waals surface area (Å²) in [5.41, 5.74) is 7.96. The number of hydrogen-bond donors (Lipinski definition) is 2. The topological polar surface area (TPSA) is 93.9 Å². The Hall–Kier alpha value is -2.77. The zero-order valence-electron chi connectivity index (χ0n) is 19.7. The molecule has 8 heteroatoms. The van der Waals surface area contributed by atoms with Crippen LogP contribution in [-0.2, 0) is 11.3 Å². The predicted molar refractivity (Wildman–Crippen MR) is 132 cm³/mol. The molecular formula is C26H32ClN3O4. The second-order valence-electron chi connectivity index (χ2n) is 9.14. The molecule has 2 aromatic carbocycles. The van der Waals surface area contributed by atoms with Gasteiger partial charge in [-0.25, -0.2) is 0 Å². The van der Waals surface area contributed by atoms with Gasteiger partial charge in [-0.3, -0.25) is 9.59 Å². The molecule has 2 amide bonds. The first-order valence-corrected chi connectivity index (χ1v) is 12.1. The molecule has 182 valence electrons. The average molecular weight is 486 g/mol. The van der Waals surface area contributed by atoms with Crippen LogP contribution in [0.1, 0.15) is 54.4 Å². The van der Waals surface area contributed by atoms with E-state index in [9.17, 15) is 9.59 Å². The molecule has 2 aliphatic carbocycles. The molecule has 0 aromatic heterocycles. The lowest BCUT2D eigenvalue weighted by Gasteiger charge is -2.36. The molecule has 0 atom stereocenters. The lowest BCUT2D eigenvalue weighted by Crippen LogP contribution is -2.44. The molecule has 2 fully saturated rings. The maximum absolute atomic E-state index is 13.1. The Bertz CT molecular complexity index is 1050. The van der Waals surface area contributed by atoms with Crippen LogP contribution in [0.3, 0.4) is 0 Å². The van der Waals surface area contributed by atoms with Crippen molar-refractivity contribution in [2.24, 2.45) is 11.7 Å². The minimum atomic E-state index is -0.276. The highest BCUT2D eigenvalue weighted by molar-refractivity contribution is 6.31. The van der Waals surface area contributed by atoms with Gasteiger partial charge in [0.05, 0.1) is 14.2 Å². The van der Waals surface area contributed by atoms with Gasteiger partial charge >= 0.3 is 0 Å². The monoisotopic (exact) mass is 485 g/mol. The second kappa shape index (κ2) is 10.7. The van der Waals surface area contributed by atoms with Gasteiger partial charge in [-0.05, 0) is 80.5 Å². The first kappa shape index (κ1) is 24.4. The SMILES string of the molecule is COc1ccc(C(=O)Nc2ccc(Cl)c(CN(C(=O)C3CC3)C3CCC(N)CC3)c2)cc1OC. The van der Waals surface area contributed by atoms with Crippen molar-refractivity contribution in [3.8, 4) is 11.5 Å². The number of amides is 2. The molecule has 34 heavy (non-hydrogen) atoms. The Labute approximate surface area is 205 Å². The van der Waals surface area contributed by atoms with Gasteiger partial charge in [0.2, 0.25) is 5.91 Å². The van der Waals surface area contributed by atoms with Crippen molar-refractivity contribution < 1.29 is 19.1 Å². The molecule has 7 nitrogen and oxygen atoms in total. The van der Waals surface area contributed by atoms with E-state index in [1.54, 1.807) is 37.4 Å². The van der Waals surface area contributed by atoms with Crippen molar-refractivity contribution in [3.05, 3.63) is 52.5 Å². The zero-order valence-corrected chi connectivity index (χ0v) is 20.4. The minimum absolute atomic E-state index is 0.127. The fourth-order valence-electron chi connectivity index (χ4n) is 4.50. The molecule has 0 aliphatic heterocycles. The fourth-order valence-corrected chi connectivity index (χ4v) is 4.68. The van der Waals surface area contributed by atoms with Crippen LogP contribution in [0.15, 0.2) is 36.4 Å². The Morgan fingerprint density at radius 3 is 2.35 bits per heavy atom. The van der Waals surface area contributed by atoms with Gasteiger partial charge in [-0.1, -0.05) is 11.6 Å². The maximum atomic E-state index is 13.1. The number of benzene rings is 2. The molecule has 0 bridgehead atoms. The molecule has 0 unspecified atom stereocenters. The first-order chi connectivity index (χ1) is 16.4. The number of anilines is 1. The van der Waals surface area contributed by atoms with E-state index in [1.165, 1.54) is 7.11 Å². The molecule has 2 saturated carbocycles. The third-order valence-electron chi connectivity index (χ3n) is 6.68. The van der Waals surface area contributed by atoms with Crippen LogP contribution < -0.4 is 20.5 Å². The molecular weight excluding hydrogens is 454 g/mol. The van der Waals surface area contributed by atoms with Gasteiger partial charge in [0.25, 0.3) is 5.91 Å². The Morgan fingerprint density at radius 1 is 1.00 bits per heavy atom. The maximum Gasteiger partial charge on any atom is 0.255 e. The quantitative estimate of drug-likeness (QED) is 0.569. The lowest BCUT2D eigenvalue weighted by atomic mass is 9.90. The molecule has 0 spiro atoms. The number of ether oxygens (including phenoxy) is 2. The summed E-state index contributed by atoms with van der Waals surface area (Å²) in [6.07, 6.45) is 5.58. The van der Waals surface area contributed by atoms with Gasteiger partial charge < -0.3 is 25.4 Å². The molecule has 0 saturated heterocycles. The number of carbonyl (C=O) groups excluding carboxylic acids is 2. The summed E-state index contributed by atoms with van der Waals surface area (Å²) in [4.78, 5) is 28.0. The number of carbonyl (C=O) groups is 2. The summed E-state index contributed by atoms with van der Waals surface area (Å²) in [5.74, 6) is 1.09. The smallest absolute Gasteiger partial charge is 0.255 e. The van der Waals surface area contributed by atoms with Gasteiger partial charge in [0.15, 0.2) is 11.5 Å². The summed E-state index contributed by atoms with van der Waals surface area (Å²) in [5, 5.41) is 3.50. The summed E-state index contributed by atoms with van der Waals surface area (Å²) in [6, 6.07) is 10.8. The van der Waals surface area contributed by atoms with Gasteiger partial charge in [0, 0.05) is 40.8 Å². The van der Waals surface area contributed by atoms with E-state index in [4.69, 9.17) is 26.8 Å². The molecule has 2 aromatic rings. The zero-order chi connectivity index (χ0) is 24.2. The first-order valence-electron chi connectivity index (χ1n) is 11.8. The summed E-state index contributed by atoms with van der Waals surface area (Å²) >= 11 is 6.53. The largest absolute Gasteiger partial charge is 0.493 e. The molecule has 0 heterocycles. The lowest BCUT2D eigenvalue weighted by molar-refractivity contribution is -0.136. The number of nitrogens with two attached hydrogens (primary N) is 1. The van der Waals surface area contributed by atoms with Crippen LogP contribution in [0, 0.1) is 5.92 Å². The van der Waals surface area contributed by atoms with E-state index >= 15 is 0 Å². The van der Waals surface area contributed by atoms with Crippen molar-refractivity contribution in [2.45, 2.75) is 57.2 Å². The van der Waals surface area contributed by atoms with E-state index < -0.39 is 0 Å². The van der Waals surface area contributed by atoms with Crippen molar-refractivity contribution >= 4 is 29.1 Å². The van der Waals surface area contributed by atoms with E-state index in [0.29, 0.717) is 34.3 Å². The minimum Gasteiger partial charge on any atom is -0.493 e.